The van der Waals surface area contributed by atoms with Gasteiger partial charge >= 0.3 is 0 Å². The minimum Gasteiger partial charge on any atom is -0.393 e. The summed E-state index contributed by atoms with van der Waals surface area (Å²) in [6.45, 7) is 6.87. The van der Waals surface area contributed by atoms with E-state index in [1.54, 1.807) is 23.9 Å². The summed E-state index contributed by atoms with van der Waals surface area (Å²) < 4.78 is 17.8. The number of hydrogen-bond donors (Lipinski definition) is 3. The fourth-order valence-corrected chi connectivity index (χ4v) is 4.41. The van der Waals surface area contributed by atoms with Crippen LogP contribution in [0.2, 0.25) is 0 Å². The molecule has 0 aliphatic carbocycles. The van der Waals surface area contributed by atoms with Crippen LogP contribution in [0.1, 0.15) is 25.2 Å². The van der Waals surface area contributed by atoms with Crippen molar-refractivity contribution >= 4 is 28.3 Å². The van der Waals surface area contributed by atoms with Crippen molar-refractivity contribution in [3.8, 4) is 11.8 Å². The summed E-state index contributed by atoms with van der Waals surface area (Å²) in [6, 6.07) is 4.47. The molecular formula is C24H28FN9O2. The van der Waals surface area contributed by atoms with E-state index in [2.05, 4.69) is 36.9 Å². The van der Waals surface area contributed by atoms with E-state index in [1.165, 1.54) is 23.6 Å². The number of anilines is 2. The van der Waals surface area contributed by atoms with Crippen LogP contribution in [0, 0.1) is 17.7 Å². The summed E-state index contributed by atoms with van der Waals surface area (Å²) >= 11 is 0. The van der Waals surface area contributed by atoms with Crippen LogP contribution in [0.3, 0.4) is 0 Å². The van der Waals surface area contributed by atoms with Gasteiger partial charge < -0.3 is 20.8 Å². The molecule has 1 atom stereocenters. The van der Waals surface area contributed by atoms with Crippen LogP contribution in [0.5, 0.6) is 0 Å². The average molecular weight is 494 g/mol. The van der Waals surface area contributed by atoms with Gasteiger partial charge in [-0.25, -0.2) is 9.07 Å². The number of benzene rings is 1. The Balaban J connectivity index is 1.27. The zero-order chi connectivity index (χ0) is 25.4. The fraction of sp³-hybridized carbons (Fsp3) is 0.417. The molecule has 1 fully saturated rings. The van der Waals surface area contributed by atoms with Gasteiger partial charge in [-0.3, -0.25) is 4.90 Å². The van der Waals surface area contributed by atoms with Crippen LogP contribution in [0.15, 0.2) is 24.4 Å². The van der Waals surface area contributed by atoms with Gasteiger partial charge in [0.15, 0.2) is 11.3 Å². The molecule has 0 saturated carbocycles. The van der Waals surface area contributed by atoms with Crippen molar-refractivity contribution in [3.63, 3.8) is 0 Å². The van der Waals surface area contributed by atoms with Crippen LogP contribution in [-0.2, 0) is 12.1 Å². The molecule has 0 spiro atoms. The van der Waals surface area contributed by atoms with E-state index >= 15 is 0 Å². The summed E-state index contributed by atoms with van der Waals surface area (Å²) in [5.41, 5.74) is 6.81. The second-order valence-electron chi connectivity index (χ2n) is 9.05. The van der Waals surface area contributed by atoms with Gasteiger partial charge in [0.05, 0.1) is 30.4 Å². The number of hydrogen-bond acceptors (Lipinski definition) is 9. The molecule has 1 aromatic carbocycles. The van der Waals surface area contributed by atoms with E-state index in [-0.39, 0.29) is 11.8 Å². The minimum absolute atomic E-state index is 0.217. The van der Waals surface area contributed by atoms with E-state index in [4.69, 9.17) is 5.73 Å². The number of nitrogen functional groups attached to an aromatic ring is 1. The molecule has 3 aromatic heterocycles. The number of nitrogens with zero attached hydrogens (tertiary/aromatic N) is 8. The lowest BCUT2D eigenvalue weighted by atomic mass is 9.96. The third-order valence-corrected chi connectivity index (χ3v) is 6.55. The number of nitrogens with two attached hydrogens (primary N) is 1. The van der Waals surface area contributed by atoms with Crippen molar-refractivity contribution < 1.29 is 14.6 Å². The molecule has 0 bridgehead atoms. The Kier molecular flexibility index (Phi) is 6.21. The maximum Gasteiger partial charge on any atom is 0.226 e. The quantitative estimate of drug-likeness (QED) is 0.330. The molecule has 12 heteroatoms. The van der Waals surface area contributed by atoms with E-state index in [0.29, 0.717) is 48.0 Å². The Morgan fingerprint density at radius 2 is 1.92 bits per heavy atom. The Morgan fingerprint density at radius 3 is 2.64 bits per heavy atom. The molecule has 4 aromatic rings. The molecule has 5 rings (SSSR count). The van der Waals surface area contributed by atoms with Crippen molar-refractivity contribution in [2.75, 3.05) is 50.0 Å². The van der Waals surface area contributed by atoms with Gasteiger partial charge in [0.1, 0.15) is 11.4 Å². The maximum absolute atomic E-state index is 14.6. The van der Waals surface area contributed by atoms with E-state index in [1.807, 2.05) is 4.90 Å². The lowest BCUT2D eigenvalue weighted by Crippen LogP contribution is -2.47. The zero-order valence-electron chi connectivity index (χ0n) is 20.2. The van der Waals surface area contributed by atoms with Gasteiger partial charge in [0.2, 0.25) is 11.8 Å². The highest BCUT2D eigenvalue weighted by Crippen LogP contribution is 2.28. The van der Waals surface area contributed by atoms with Crippen LogP contribution in [0.25, 0.3) is 16.7 Å². The Hall–Kier alpha value is -3.79. The molecule has 0 amide bonds. The first-order valence-electron chi connectivity index (χ1n) is 11.7. The van der Waals surface area contributed by atoms with Crippen LogP contribution >= 0.6 is 0 Å². The van der Waals surface area contributed by atoms with Crippen LogP contribution < -0.4 is 10.6 Å². The highest BCUT2D eigenvalue weighted by molar-refractivity contribution is 5.89. The van der Waals surface area contributed by atoms with E-state index in [0.717, 1.165) is 25.0 Å². The summed E-state index contributed by atoms with van der Waals surface area (Å²) in [7, 11) is 0. The predicted octanol–water partition coefficient (Wildman–Crippen LogP) is 0.589. The van der Waals surface area contributed by atoms with Crippen LogP contribution in [-0.4, -0.2) is 83.8 Å². The van der Waals surface area contributed by atoms with Gasteiger partial charge in [-0.15, -0.1) is 5.10 Å². The minimum atomic E-state index is -1.42. The standard InChI is InChI=1S/C24H28FN9O2/c1-3-4-20-28-22-17-14-27-33(21(17)29-23(26)34(22)30-20)12-9-31-7-10-32(11-8-31)19-13-16(5-6-18(19)25)24(2,36)15-35/h5-6,13-14,35-36H,7-12,15H2,1-2H3,(H2,26,29). The van der Waals surface area contributed by atoms with Crippen molar-refractivity contribution in [2.24, 2.45) is 0 Å². The van der Waals surface area contributed by atoms with Crippen molar-refractivity contribution in [2.45, 2.75) is 26.0 Å². The first kappa shape index (κ1) is 23.9. The number of halogens is 1. The SMILES string of the molecule is CC#Cc1nc2c3cnn(CCN4CCN(c5cc(C(C)(O)CO)ccc5F)CC4)c3nc(N)n2n1. The predicted molar refractivity (Wildman–Crippen MR) is 133 cm³/mol. The zero-order valence-corrected chi connectivity index (χ0v) is 20.2. The number of aromatic nitrogens is 6. The number of aliphatic hydroxyl groups excluding tert-OH is 1. The molecule has 0 radical (unpaired) electrons. The molecule has 4 N–H and O–H groups in total. The maximum atomic E-state index is 14.6. The summed E-state index contributed by atoms with van der Waals surface area (Å²) in [4.78, 5) is 13.2. The highest BCUT2D eigenvalue weighted by Gasteiger charge is 2.26. The highest BCUT2D eigenvalue weighted by atomic mass is 19.1. The molecule has 188 valence electrons. The van der Waals surface area contributed by atoms with Crippen molar-refractivity contribution in [1.82, 2.24) is 34.3 Å². The Labute approximate surface area is 207 Å². The number of aliphatic hydroxyl groups is 2. The van der Waals surface area contributed by atoms with Gasteiger partial charge in [-0.2, -0.15) is 19.6 Å². The van der Waals surface area contributed by atoms with Gasteiger partial charge in [-0.1, -0.05) is 12.0 Å². The molecule has 11 nitrogen and oxygen atoms in total. The molecule has 4 heterocycles. The summed E-state index contributed by atoms with van der Waals surface area (Å²) in [6.07, 6.45) is 1.71. The van der Waals surface area contributed by atoms with Gasteiger partial charge in [0.25, 0.3) is 0 Å². The van der Waals surface area contributed by atoms with E-state index < -0.39 is 12.2 Å². The van der Waals surface area contributed by atoms with Crippen molar-refractivity contribution in [1.29, 1.82) is 0 Å². The van der Waals surface area contributed by atoms with Crippen molar-refractivity contribution in [3.05, 3.63) is 41.6 Å². The number of piperazine rings is 1. The third kappa shape index (κ3) is 4.32. The number of rotatable bonds is 6. The first-order valence-corrected chi connectivity index (χ1v) is 11.7. The summed E-state index contributed by atoms with van der Waals surface area (Å²) in [5.74, 6) is 5.87. The normalized spacial score (nSPS) is 16.3. The second-order valence-corrected chi connectivity index (χ2v) is 9.05. The third-order valence-electron chi connectivity index (χ3n) is 6.55. The monoisotopic (exact) mass is 493 g/mol. The smallest absolute Gasteiger partial charge is 0.226 e. The largest absolute Gasteiger partial charge is 0.393 e. The summed E-state index contributed by atoms with van der Waals surface area (Å²) in [5, 5.41) is 29.3. The molecule has 1 unspecified atom stereocenters. The van der Waals surface area contributed by atoms with Gasteiger partial charge in [0, 0.05) is 32.7 Å². The Bertz CT molecular complexity index is 1480. The first-order chi connectivity index (χ1) is 17.3. The lowest BCUT2D eigenvalue weighted by molar-refractivity contribution is -0.00230. The average Bonchev–Trinajstić information content (AvgIpc) is 3.48. The van der Waals surface area contributed by atoms with Gasteiger partial charge in [-0.05, 0) is 37.5 Å². The Morgan fingerprint density at radius 1 is 1.14 bits per heavy atom. The topological polar surface area (TPSA) is 134 Å². The molecule has 1 aliphatic heterocycles. The lowest BCUT2D eigenvalue weighted by Gasteiger charge is -2.36. The van der Waals surface area contributed by atoms with E-state index in [9.17, 15) is 14.6 Å². The molecule has 1 aliphatic rings. The fourth-order valence-electron chi connectivity index (χ4n) is 4.41. The number of fused-ring (bicyclic) bond motifs is 3. The second kappa shape index (κ2) is 9.34. The molecule has 1 saturated heterocycles. The molecular weight excluding hydrogens is 465 g/mol. The van der Waals surface area contributed by atoms with Crippen LogP contribution in [0.4, 0.5) is 16.0 Å². The molecule has 36 heavy (non-hydrogen) atoms.